The Morgan fingerprint density at radius 2 is 2.21 bits per heavy atom. The average Bonchev–Trinajstić information content (AvgIpc) is 2.37. The van der Waals surface area contributed by atoms with E-state index in [0.717, 1.165) is 18.9 Å². The van der Waals surface area contributed by atoms with E-state index in [1.54, 1.807) is 0 Å². The lowest BCUT2D eigenvalue weighted by Gasteiger charge is -2.06. The second kappa shape index (κ2) is 7.01. The molecule has 1 aromatic heterocycles. The molecule has 0 bridgehead atoms. The Balaban J connectivity index is 2.89. The molecule has 0 unspecified atom stereocenters. The van der Waals surface area contributed by atoms with Crippen LogP contribution in [-0.2, 0) is 14.8 Å². The number of rotatable bonds is 7. The van der Waals surface area contributed by atoms with Crippen molar-refractivity contribution in [2.45, 2.75) is 24.7 Å². The maximum Gasteiger partial charge on any atom is 0.328 e. The summed E-state index contributed by atoms with van der Waals surface area (Å²) < 4.78 is 26.3. The molecule has 7 heteroatoms. The van der Waals surface area contributed by atoms with Gasteiger partial charge in [0.1, 0.15) is 4.90 Å². The first-order valence-electron chi connectivity index (χ1n) is 5.81. The van der Waals surface area contributed by atoms with Crippen molar-refractivity contribution in [3.05, 3.63) is 30.1 Å². The van der Waals surface area contributed by atoms with Gasteiger partial charge in [-0.05, 0) is 24.1 Å². The van der Waals surface area contributed by atoms with Crippen molar-refractivity contribution in [2.24, 2.45) is 0 Å². The van der Waals surface area contributed by atoms with Gasteiger partial charge in [-0.3, -0.25) is 4.98 Å². The minimum atomic E-state index is -3.59. The van der Waals surface area contributed by atoms with Crippen LogP contribution in [0.2, 0.25) is 0 Å². The van der Waals surface area contributed by atoms with Gasteiger partial charge in [-0.25, -0.2) is 17.9 Å². The number of pyridine rings is 1. The van der Waals surface area contributed by atoms with Gasteiger partial charge in [-0.2, -0.15) is 0 Å². The smallest absolute Gasteiger partial charge is 0.328 e. The zero-order valence-corrected chi connectivity index (χ0v) is 11.4. The maximum atomic E-state index is 11.9. The number of aliphatic carboxylic acids is 1. The minimum absolute atomic E-state index is 0.0242. The third-order valence-electron chi connectivity index (χ3n) is 2.29. The maximum absolute atomic E-state index is 11.9. The van der Waals surface area contributed by atoms with Crippen LogP contribution < -0.4 is 4.72 Å². The minimum Gasteiger partial charge on any atom is -0.478 e. The molecule has 6 nitrogen and oxygen atoms in total. The Bertz CT molecular complexity index is 567. The molecule has 1 rings (SSSR count). The highest BCUT2D eigenvalue weighted by molar-refractivity contribution is 7.89. The van der Waals surface area contributed by atoms with Crippen LogP contribution >= 0.6 is 0 Å². The Morgan fingerprint density at radius 1 is 1.47 bits per heavy atom. The molecule has 0 amide bonds. The highest BCUT2D eigenvalue weighted by atomic mass is 32.2. The summed E-state index contributed by atoms with van der Waals surface area (Å²) in [5.41, 5.74) is 0.417. The molecule has 0 aromatic carbocycles. The lowest BCUT2D eigenvalue weighted by Crippen LogP contribution is -2.24. The molecule has 0 aliphatic heterocycles. The van der Waals surface area contributed by atoms with Gasteiger partial charge in [0.25, 0.3) is 0 Å². The largest absolute Gasteiger partial charge is 0.478 e. The fourth-order valence-electron chi connectivity index (χ4n) is 1.31. The average molecular weight is 284 g/mol. The van der Waals surface area contributed by atoms with Gasteiger partial charge in [0.05, 0.1) is 0 Å². The van der Waals surface area contributed by atoms with Crippen molar-refractivity contribution < 1.29 is 18.3 Å². The van der Waals surface area contributed by atoms with Crippen LogP contribution in [0.4, 0.5) is 0 Å². The van der Waals surface area contributed by atoms with E-state index in [1.165, 1.54) is 24.5 Å². The summed E-state index contributed by atoms with van der Waals surface area (Å²) in [5, 5.41) is 8.51. The van der Waals surface area contributed by atoms with E-state index in [0.29, 0.717) is 12.1 Å². The van der Waals surface area contributed by atoms with Crippen LogP contribution in [0.5, 0.6) is 0 Å². The first kappa shape index (κ1) is 15.3. The standard InChI is InChI=1S/C12H16N2O4S/c1-2-3-6-14-19(17,18)11-7-10(8-13-9-11)4-5-12(15)16/h4-5,7-9,14H,2-3,6H2,1H3,(H,15,16). The number of carboxylic acid groups (broad SMARTS) is 1. The SMILES string of the molecule is CCCCNS(=O)(=O)c1cncc(C=CC(=O)O)c1. The van der Waals surface area contributed by atoms with E-state index < -0.39 is 16.0 Å². The number of carbonyl (C=O) groups is 1. The summed E-state index contributed by atoms with van der Waals surface area (Å²) in [6.45, 7) is 2.33. The Kier molecular flexibility index (Phi) is 5.65. The lowest BCUT2D eigenvalue weighted by atomic mass is 10.2. The number of sulfonamides is 1. The van der Waals surface area contributed by atoms with E-state index in [1.807, 2.05) is 6.92 Å². The van der Waals surface area contributed by atoms with Gasteiger partial charge in [0.2, 0.25) is 10.0 Å². The first-order chi connectivity index (χ1) is 8.95. The van der Waals surface area contributed by atoms with Crippen LogP contribution in [0.3, 0.4) is 0 Å². The Morgan fingerprint density at radius 3 is 2.84 bits per heavy atom. The normalized spacial score (nSPS) is 11.8. The summed E-state index contributed by atoms with van der Waals surface area (Å²) in [6.07, 6.45) is 6.49. The third-order valence-corrected chi connectivity index (χ3v) is 3.71. The summed E-state index contributed by atoms with van der Waals surface area (Å²) in [6, 6.07) is 1.38. The van der Waals surface area contributed by atoms with Crippen molar-refractivity contribution in [1.82, 2.24) is 9.71 Å². The molecule has 0 saturated carbocycles. The predicted octanol–water partition coefficient (Wildman–Crippen LogP) is 1.26. The summed E-state index contributed by atoms with van der Waals surface area (Å²) in [4.78, 5) is 14.2. The molecule has 0 saturated heterocycles. The molecule has 1 heterocycles. The fourth-order valence-corrected chi connectivity index (χ4v) is 2.38. The number of hydrogen-bond acceptors (Lipinski definition) is 4. The molecular weight excluding hydrogens is 268 g/mol. The van der Waals surface area contributed by atoms with E-state index in [9.17, 15) is 13.2 Å². The highest BCUT2D eigenvalue weighted by Crippen LogP contribution is 2.10. The molecule has 19 heavy (non-hydrogen) atoms. The topological polar surface area (TPSA) is 96.4 Å². The second-order valence-electron chi connectivity index (χ2n) is 3.88. The summed E-state index contributed by atoms with van der Waals surface area (Å²) in [5.74, 6) is -1.10. The number of nitrogens with zero attached hydrogens (tertiary/aromatic N) is 1. The van der Waals surface area contributed by atoms with Crippen LogP contribution in [-0.4, -0.2) is 31.0 Å². The number of nitrogens with one attached hydrogen (secondary N) is 1. The van der Waals surface area contributed by atoms with Gasteiger partial charge < -0.3 is 5.11 Å². The van der Waals surface area contributed by atoms with Crippen molar-refractivity contribution in [1.29, 1.82) is 0 Å². The van der Waals surface area contributed by atoms with Gasteiger partial charge in [-0.1, -0.05) is 13.3 Å². The number of aromatic nitrogens is 1. The van der Waals surface area contributed by atoms with Gasteiger partial charge >= 0.3 is 5.97 Å². The quantitative estimate of drug-likeness (QED) is 0.580. The zero-order valence-electron chi connectivity index (χ0n) is 10.5. The van der Waals surface area contributed by atoms with Gasteiger partial charge in [-0.15, -0.1) is 0 Å². The molecule has 2 N–H and O–H groups in total. The molecule has 1 aromatic rings. The third kappa shape index (κ3) is 5.19. The lowest BCUT2D eigenvalue weighted by molar-refractivity contribution is -0.131. The summed E-state index contributed by atoms with van der Waals surface area (Å²) >= 11 is 0. The fraction of sp³-hybridized carbons (Fsp3) is 0.333. The van der Waals surface area contributed by atoms with E-state index in [2.05, 4.69) is 9.71 Å². The second-order valence-corrected chi connectivity index (χ2v) is 5.64. The molecular formula is C12H16N2O4S. The zero-order chi connectivity index (χ0) is 14.3. The molecule has 0 radical (unpaired) electrons. The summed E-state index contributed by atoms with van der Waals surface area (Å²) in [7, 11) is -3.59. The number of unbranched alkanes of at least 4 members (excludes halogenated alkanes) is 1. The van der Waals surface area contributed by atoms with Crippen molar-refractivity contribution in [3.63, 3.8) is 0 Å². The van der Waals surface area contributed by atoms with Crippen molar-refractivity contribution >= 4 is 22.1 Å². The molecule has 0 atom stereocenters. The molecule has 0 aliphatic rings. The van der Waals surface area contributed by atoms with Crippen LogP contribution in [0, 0.1) is 0 Å². The predicted molar refractivity (Wildman–Crippen MR) is 71.0 cm³/mol. The highest BCUT2D eigenvalue weighted by Gasteiger charge is 2.13. The van der Waals surface area contributed by atoms with E-state index in [-0.39, 0.29) is 4.90 Å². The molecule has 0 spiro atoms. The molecule has 0 fully saturated rings. The van der Waals surface area contributed by atoms with Crippen molar-refractivity contribution in [2.75, 3.05) is 6.54 Å². The van der Waals surface area contributed by atoms with Crippen molar-refractivity contribution in [3.8, 4) is 0 Å². The Hall–Kier alpha value is -1.73. The first-order valence-corrected chi connectivity index (χ1v) is 7.29. The monoisotopic (exact) mass is 284 g/mol. The number of hydrogen-bond donors (Lipinski definition) is 2. The van der Waals surface area contributed by atoms with Crippen LogP contribution in [0.15, 0.2) is 29.4 Å². The van der Waals surface area contributed by atoms with Gasteiger partial charge in [0.15, 0.2) is 0 Å². The van der Waals surface area contributed by atoms with Crippen LogP contribution in [0.25, 0.3) is 6.08 Å². The Labute approximate surface area is 112 Å². The van der Waals surface area contributed by atoms with Gasteiger partial charge in [0, 0.05) is 25.0 Å². The van der Waals surface area contributed by atoms with E-state index in [4.69, 9.17) is 5.11 Å². The van der Waals surface area contributed by atoms with E-state index >= 15 is 0 Å². The number of carboxylic acids is 1. The molecule has 0 aliphatic carbocycles. The molecule has 104 valence electrons. The van der Waals surface area contributed by atoms with Crippen LogP contribution in [0.1, 0.15) is 25.3 Å².